The van der Waals surface area contributed by atoms with Crippen LogP contribution in [0.2, 0.25) is 0 Å². The lowest BCUT2D eigenvalue weighted by molar-refractivity contribution is -0.143. The molecule has 0 aromatic heterocycles. The fraction of sp³-hybridized carbons (Fsp3) is 0.400. The van der Waals surface area contributed by atoms with E-state index >= 15 is 0 Å². The topological polar surface area (TPSA) is 109 Å². The van der Waals surface area contributed by atoms with E-state index in [0.29, 0.717) is 24.4 Å². The molecule has 3 N–H and O–H groups in total. The number of aliphatic imine (C=N–C) groups is 1. The monoisotopic (exact) mass is 619 g/mol. The average Bonchev–Trinajstić information content (AvgIpc) is 3.26. The van der Waals surface area contributed by atoms with E-state index in [1.165, 1.54) is 13.8 Å². The van der Waals surface area contributed by atoms with Crippen molar-refractivity contribution >= 4 is 35.7 Å². The van der Waals surface area contributed by atoms with Crippen LogP contribution in [0.4, 0.5) is 5.69 Å². The van der Waals surface area contributed by atoms with Crippen LogP contribution in [0.25, 0.3) is 0 Å². The highest BCUT2D eigenvalue weighted by atomic mass is 35.5. The Morgan fingerprint density at radius 1 is 1.05 bits per heavy atom. The van der Waals surface area contributed by atoms with Gasteiger partial charge in [-0.15, -0.1) is 12.4 Å². The second-order valence-corrected chi connectivity index (χ2v) is 13.1. The van der Waals surface area contributed by atoms with Gasteiger partial charge in [-0.25, -0.2) is 4.79 Å². The first-order valence-corrected chi connectivity index (χ1v) is 14.8. The average molecular weight is 620 g/mol. The summed E-state index contributed by atoms with van der Waals surface area (Å²) in [6, 6.07) is 17.6. The standard InChI is InChI=1S/C35H41N3O5.ClH/c1-8-42-27-17-23-18-33(2,3)37-29(28(23)25-19-34(4,5)43-30(25)27)22-14-15-24(31(39)38-35(6,7)32(40)41)26(16-22)36-20-21-12-10-9-11-13-21;/h9-17,36H,8,18-20H2,1-7H3,(H,38,39)(H,40,41);1H. The Hall–Kier alpha value is -4.04. The molecule has 0 radical (unpaired) electrons. The van der Waals surface area contributed by atoms with Gasteiger partial charge < -0.3 is 25.2 Å². The molecule has 0 aliphatic carbocycles. The number of rotatable bonds is 9. The van der Waals surface area contributed by atoms with Gasteiger partial charge >= 0.3 is 5.97 Å². The summed E-state index contributed by atoms with van der Waals surface area (Å²) in [7, 11) is 0. The highest BCUT2D eigenvalue weighted by molar-refractivity contribution is 6.17. The molecule has 0 saturated heterocycles. The van der Waals surface area contributed by atoms with E-state index in [0.717, 1.165) is 57.9 Å². The number of carboxylic acid groups (broad SMARTS) is 1. The van der Waals surface area contributed by atoms with Gasteiger partial charge in [-0.3, -0.25) is 9.79 Å². The van der Waals surface area contributed by atoms with Crippen molar-refractivity contribution in [1.29, 1.82) is 0 Å². The summed E-state index contributed by atoms with van der Waals surface area (Å²) in [5, 5.41) is 15.7. The van der Waals surface area contributed by atoms with Gasteiger partial charge in [0.2, 0.25) is 0 Å². The predicted molar refractivity (Wildman–Crippen MR) is 176 cm³/mol. The van der Waals surface area contributed by atoms with Gasteiger partial charge in [0.1, 0.15) is 11.1 Å². The summed E-state index contributed by atoms with van der Waals surface area (Å²) < 4.78 is 12.5. The van der Waals surface area contributed by atoms with Gasteiger partial charge in [0.15, 0.2) is 11.5 Å². The Kier molecular flexibility index (Phi) is 9.08. The number of aliphatic carboxylic acids is 1. The first-order valence-electron chi connectivity index (χ1n) is 14.8. The van der Waals surface area contributed by atoms with E-state index in [9.17, 15) is 14.7 Å². The molecule has 0 saturated carbocycles. The molecule has 8 nitrogen and oxygen atoms in total. The van der Waals surface area contributed by atoms with E-state index in [4.69, 9.17) is 14.5 Å². The highest BCUT2D eigenvalue weighted by Gasteiger charge is 2.40. The minimum Gasteiger partial charge on any atom is -0.490 e. The van der Waals surface area contributed by atoms with Gasteiger partial charge in [-0.1, -0.05) is 36.4 Å². The van der Waals surface area contributed by atoms with Gasteiger partial charge in [-0.05, 0) is 84.2 Å². The van der Waals surface area contributed by atoms with Crippen LogP contribution < -0.4 is 20.1 Å². The third kappa shape index (κ3) is 6.70. The summed E-state index contributed by atoms with van der Waals surface area (Å²) in [4.78, 5) is 30.5. The zero-order valence-corrected chi connectivity index (χ0v) is 27.3. The number of carboxylic acids is 1. The van der Waals surface area contributed by atoms with Crippen molar-refractivity contribution in [3.8, 4) is 11.5 Å². The number of nitrogens with one attached hydrogen (secondary N) is 2. The number of hydrogen-bond acceptors (Lipinski definition) is 6. The molecule has 0 fully saturated rings. The number of anilines is 1. The molecule has 0 bridgehead atoms. The SMILES string of the molecule is CCOc1cc2c(c3c1OC(C)(C)C3)C(c1ccc(C(=O)NC(C)(C)C(=O)O)c(NCc3ccccc3)c1)=NC(C)(C)C2.Cl. The van der Waals surface area contributed by atoms with Crippen LogP contribution in [-0.2, 0) is 24.2 Å². The highest BCUT2D eigenvalue weighted by Crippen LogP contribution is 2.48. The Bertz CT molecular complexity index is 1610. The number of nitrogens with zero attached hydrogens (tertiary/aromatic N) is 1. The van der Waals surface area contributed by atoms with E-state index in [1.807, 2.05) is 49.4 Å². The van der Waals surface area contributed by atoms with Gasteiger partial charge in [0, 0.05) is 35.3 Å². The summed E-state index contributed by atoms with van der Waals surface area (Å²) >= 11 is 0. The first kappa shape index (κ1) is 32.9. The van der Waals surface area contributed by atoms with Crippen LogP contribution in [-0.4, -0.2) is 46.0 Å². The summed E-state index contributed by atoms with van der Waals surface area (Å²) in [5.74, 6) is -0.0557. The van der Waals surface area contributed by atoms with E-state index < -0.39 is 17.4 Å². The van der Waals surface area contributed by atoms with Gasteiger partial charge in [-0.2, -0.15) is 0 Å². The molecule has 2 aliphatic heterocycles. The van der Waals surface area contributed by atoms with Crippen LogP contribution in [0.5, 0.6) is 11.5 Å². The zero-order valence-electron chi connectivity index (χ0n) is 26.5. The lowest BCUT2D eigenvalue weighted by atomic mass is 9.80. The van der Waals surface area contributed by atoms with Crippen molar-refractivity contribution in [3.63, 3.8) is 0 Å². The largest absolute Gasteiger partial charge is 0.490 e. The quantitative estimate of drug-likeness (QED) is 0.249. The number of amides is 1. The van der Waals surface area contributed by atoms with E-state index in [1.54, 1.807) is 6.07 Å². The molecule has 2 heterocycles. The van der Waals surface area contributed by atoms with E-state index in [-0.39, 0.29) is 23.5 Å². The number of carbonyl (C=O) groups excluding carboxylic acids is 1. The lowest BCUT2D eigenvalue weighted by Crippen LogP contribution is -2.49. The summed E-state index contributed by atoms with van der Waals surface area (Å²) in [6.07, 6.45) is 1.47. The van der Waals surface area contributed by atoms with Crippen LogP contribution in [0, 0.1) is 0 Å². The first-order chi connectivity index (χ1) is 20.2. The maximum absolute atomic E-state index is 13.4. The van der Waals surface area contributed by atoms with Gasteiger partial charge in [0.25, 0.3) is 5.91 Å². The molecule has 3 aromatic carbocycles. The molecule has 0 unspecified atom stereocenters. The number of carbonyl (C=O) groups is 2. The molecule has 3 aromatic rings. The summed E-state index contributed by atoms with van der Waals surface area (Å²) in [5.41, 5.74) is 4.80. The molecule has 9 heteroatoms. The van der Waals surface area contributed by atoms with Crippen LogP contribution >= 0.6 is 12.4 Å². The molecule has 5 rings (SSSR count). The molecule has 2 aliphatic rings. The van der Waals surface area contributed by atoms with Crippen molar-refractivity contribution in [2.24, 2.45) is 4.99 Å². The molecule has 1 amide bonds. The Morgan fingerprint density at radius 2 is 1.75 bits per heavy atom. The van der Waals surface area contributed by atoms with Crippen molar-refractivity contribution in [3.05, 3.63) is 88.0 Å². The maximum atomic E-state index is 13.4. The van der Waals surface area contributed by atoms with Gasteiger partial charge in [0.05, 0.1) is 23.4 Å². The smallest absolute Gasteiger partial charge is 0.328 e. The number of fused-ring (bicyclic) bond motifs is 3. The third-order valence-corrected chi connectivity index (χ3v) is 7.81. The zero-order chi connectivity index (χ0) is 31.2. The van der Waals surface area contributed by atoms with Crippen molar-refractivity contribution in [2.45, 2.75) is 84.5 Å². The Morgan fingerprint density at radius 3 is 2.41 bits per heavy atom. The molecular formula is C35H42ClN3O5. The normalized spacial score (nSPS) is 15.9. The molecule has 234 valence electrons. The fourth-order valence-corrected chi connectivity index (χ4v) is 5.77. The Labute approximate surface area is 265 Å². The van der Waals surface area contributed by atoms with Crippen molar-refractivity contribution < 1.29 is 24.2 Å². The Balaban J connectivity index is 0.00000442. The summed E-state index contributed by atoms with van der Waals surface area (Å²) in [6.45, 7) is 14.3. The predicted octanol–water partition coefficient (Wildman–Crippen LogP) is 6.60. The van der Waals surface area contributed by atoms with Crippen molar-refractivity contribution in [1.82, 2.24) is 5.32 Å². The van der Waals surface area contributed by atoms with Crippen molar-refractivity contribution in [2.75, 3.05) is 11.9 Å². The second kappa shape index (κ2) is 12.2. The molecule has 44 heavy (non-hydrogen) atoms. The minimum absolute atomic E-state index is 0. The van der Waals surface area contributed by atoms with Crippen LogP contribution in [0.3, 0.4) is 0 Å². The maximum Gasteiger partial charge on any atom is 0.328 e. The second-order valence-electron chi connectivity index (χ2n) is 13.1. The molecule has 0 atom stereocenters. The minimum atomic E-state index is -1.44. The third-order valence-electron chi connectivity index (χ3n) is 7.81. The molecule has 0 spiro atoms. The fourth-order valence-electron chi connectivity index (χ4n) is 5.77. The lowest BCUT2D eigenvalue weighted by Gasteiger charge is -2.31. The number of hydrogen-bond donors (Lipinski definition) is 3. The van der Waals surface area contributed by atoms with Crippen LogP contribution in [0.15, 0.2) is 59.6 Å². The number of ether oxygens (including phenoxy) is 2. The molecular weight excluding hydrogens is 578 g/mol. The van der Waals surface area contributed by atoms with Crippen LogP contribution in [0.1, 0.15) is 86.6 Å². The number of halogens is 1. The number of benzene rings is 3. The van der Waals surface area contributed by atoms with E-state index in [2.05, 4.69) is 44.4 Å².